The zero-order valence-electron chi connectivity index (χ0n) is 10.2. The van der Waals surface area contributed by atoms with Crippen LogP contribution in [0.1, 0.15) is 13.8 Å². The minimum absolute atomic E-state index is 0.0777. The Hall–Kier alpha value is -1.59. The Morgan fingerprint density at radius 1 is 1.11 bits per heavy atom. The van der Waals surface area contributed by atoms with E-state index < -0.39 is 23.3 Å². The van der Waals surface area contributed by atoms with Gasteiger partial charge in [0, 0.05) is 0 Å². The van der Waals surface area contributed by atoms with E-state index in [-0.39, 0.29) is 15.7 Å². The van der Waals surface area contributed by atoms with Gasteiger partial charge in [-0.2, -0.15) is 0 Å². The minimum atomic E-state index is -1.36. The number of urea groups is 1. The van der Waals surface area contributed by atoms with E-state index in [2.05, 4.69) is 5.32 Å². The third kappa shape index (κ3) is 2.09. The van der Waals surface area contributed by atoms with Crippen LogP contribution in [0, 0.1) is 5.41 Å². The second kappa shape index (κ2) is 4.51. The number of carbonyl (C=O) groups excluding carboxylic acids is 3. The number of benzene rings is 1. The third-order valence-electron chi connectivity index (χ3n) is 2.89. The summed E-state index contributed by atoms with van der Waals surface area (Å²) < 4.78 is 0. The number of imide groups is 2. The van der Waals surface area contributed by atoms with E-state index in [1.807, 2.05) is 0 Å². The Bertz CT molecular complexity index is 578. The lowest BCUT2D eigenvalue weighted by Crippen LogP contribution is -2.62. The molecule has 4 amide bonds. The van der Waals surface area contributed by atoms with Gasteiger partial charge in [-0.15, -0.1) is 0 Å². The molecule has 1 fully saturated rings. The number of rotatable bonds is 1. The van der Waals surface area contributed by atoms with Crippen molar-refractivity contribution in [1.29, 1.82) is 0 Å². The quantitative estimate of drug-likeness (QED) is 0.811. The molecule has 1 aromatic carbocycles. The zero-order valence-corrected chi connectivity index (χ0v) is 11.7. The highest BCUT2D eigenvalue weighted by Gasteiger charge is 2.48. The van der Waals surface area contributed by atoms with Crippen LogP contribution in [-0.2, 0) is 9.59 Å². The van der Waals surface area contributed by atoms with Crippen LogP contribution < -0.4 is 10.2 Å². The molecule has 1 aromatic rings. The highest BCUT2D eigenvalue weighted by Crippen LogP contribution is 2.37. The standard InChI is InChI=1S/C12H10Cl2N2O3/c1-12(2)9(17)15-11(19)16(10(12)18)8-6(13)4-3-5-7(8)14/h3-5H,1-2H3,(H,15,17,19). The number of hydrogen-bond donors (Lipinski definition) is 1. The normalized spacial score (nSPS) is 18.5. The number of amides is 4. The number of para-hydroxylation sites is 1. The molecule has 0 aromatic heterocycles. The number of barbiturate groups is 1. The highest BCUT2D eigenvalue weighted by atomic mass is 35.5. The molecule has 5 nitrogen and oxygen atoms in total. The number of hydrogen-bond acceptors (Lipinski definition) is 3. The van der Waals surface area contributed by atoms with Crippen LogP contribution in [0.5, 0.6) is 0 Å². The molecule has 0 saturated carbocycles. The molecular weight excluding hydrogens is 291 g/mol. The van der Waals surface area contributed by atoms with E-state index in [0.717, 1.165) is 4.90 Å². The number of halogens is 2. The maximum Gasteiger partial charge on any atom is 0.335 e. The largest absolute Gasteiger partial charge is 0.335 e. The van der Waals surface area contributed by atoms with Crippen LogP contribution in [0.3, 0.4) is 0 Å². The lowest BCUT2D eigenvalue weighted by molar-refractivity contribution is -0.140. The molecule has 2 rings (SSSR count). The first-order valence-corrected chi connectivity index (χ1v) is 6.16. The summed E-state index contributed by atoms with van der Waals surface area (Å²) in [5, 5.41) is 2.42. The fourth-order valence-electron chi connectivity index (χ4n) is 1.68. The first kappa shape index (κ1) is 13.8. The summed E-state index contributed by atoms with van der Waals surface area (Å²) in [6, 6.07) is 3.75. The summed E-state index contributed by atoms with van der Waals surface area (Å²) in [6.45, 7) is 2.85. The number of anilines is 1. The first-order chi connectivity index (χ1) is 8.76. The molecule has 0 aliphatic carbocycles. The monoisotopic (exact) mass is 300 g/mol. The minimum Gasteiger partial charge on any atom is -0.276 e. The van der Waals surface area contributed by atoms with Crippen molar-refractivity contribution in [1.82, 2.24) is 5.32 Å². The average molecular weight is 301 g/mol. The van der Waals surface area contributed by atoms with E-state index in [4.69, 9.17) is 23.2 Å². The Kier molecular flexibility index (Phi) is 3.28. The van der Waals surface area contributed by atoms with Crippen LogP contribution >= 0.6 is 23.2 Å². The molecule has 1 aliphatic rings. The van der Waals surface area contributed by atoms with E-state index in [0.29, 0.717) is 0 Å². The summed E-state index contributed by atoms with van der Waals surface area (Å²) >= 11 is 12.0. The van der Waals surface area contributed by atoms with Crippen molar-refractivity contribution in [2.75, 3.05) is 4.90 Å². The zero-order chi connectivity index (χ0) is 14.4. The van der Waals surface area contributed by atoms with Gasteiger partial charge in [-0.05, 0) is 26.0 Å². The maximum absolute atomic E-state index is 12.3. The van der Waals surface area contributed by atoms with Crippen molar-refractivity contribution in [3.05, 3.63) is 28.2 Å². The van der Waals surface area contributed by atoms with Crippen LogP contribution in [0.25, 0.3) is 0 Å². The van der Waals surface area contributed by atoms with Crippen LogP contribution in [0.15, 0.2) is 18.2 Å². The molecule has 0 spiro atoms. The van der Waals surface area contributed by atoms with E-state index in [1.165, 1.54) is 26.0 Å². The summed E-state index contributed by atoms with van der Waals surface area (Å²) in [7, 11) is 0. The summed E-state index contributed by atoms with van der Waals surface area (Å²) in [5.74, 6) is -1.32. The SMILES string of the molecule is CC1(C)C(=O)NC(=O)N(c2c(Cl)cccc2Cl)C1=O. The molecule has 1 aliphatic heterocycles. The predicted molar refractivity (Wildman–Crippen MR) is 71.3 cm³/mol. The number of nitrogens with one attached hydrogen (secondary N) is 1. The van der Waals surface area contributed by atoms with Crippen molar-refractivity contribution < 1.29 is 14.4 Å². The van der Waals surface area contributed by atoms with Crippen LogP contribution in [0.4, 0.5) is 10.5 Å². The number of carbonyl (C=O) groups is 3. The fraction of sp³-hybridized carbons (Fsp3) is 0.250. The second-order valence-corrected chi connectivity index (χ2v) is 5.41. The van der Waals surface area contributed by atoms with Gasteiger partial charge in [-0.25, -0.2) is 9.69 Å². The summed E-state index contributed by atoms with van der Waals surface area (Å²) in [6.07, 6.45) is 0. The van der Waals surface area contributed by atoms with Crippen molar-refractivity contribution in [2.45, 2.75) is 13.8 Å². The molecule has 1 saturated heterocycles. The maximum atomic E-state index is 12.3. The molecule has 0 unspecified atom stereocenters. The molecular formula is C12H10Cl2N2O3. The van der Waals surface area contributed by atoms with Crippen molar-refractivity contribution in [2.24, 2.45) is 5.41 Å². The molecule has 0 radical (unpaired) electrons. The molecule has 7 heteroatoms. The Balaban J connectivity index is 2.58. The van der Waals surface area contributed by atoms with E-state index >= 15 is 0 Å². The predicted octanol–water partition coefficient (Wildman–Crippen LogP) is 2.60. The lowest BCUT2D eigenvalue weighted by atomic mass is 9.88. The first-order valence-electron chi connectivity index (χ1n) is 5.41. The molecule has 1 heterocycles. The second-order valence-electron chi connectivity index (χ2n) is 4.60. The van der Waals surface area contributed by atoms with E-state index in [1.54, 1.807) is 6.07 Å². The van der Waals surface area contributed by atoms with Gasteiger partial charge in [0.05, 0.1) is 15.7 Å². The van der Waals surface area contributed by atoms with Gasteiger partial charge < -0.3 is 0 Å². The number of nitrogens with zero attached hydrogens (tertiary/aromatic N) is 1. The molecule has 100 valence electrons. The van der Waals surface area contributed by atoms with Crippen LogP contribution in [0.2, 0.25) is 10.0 Å². The molecule has 0 atom stereocenters. The fourth-order valence-corrected chi connectivity index (χ4v) is 2.25. The Morgan fingerprint density at radius 3 is 2.16 bits per heavy atom. The molecule has 0 bridgehead atoms. The van der Waals surface area contributed by atoms with Crippen molar-refractivity contribution in [3.8, 4) is 0 Å². The Morgan fingerprint density at radius 2 is 1.63 bits per heavy atom. The Labute approximate surface area is 119 Å². The molecule has 19 heavy (non-hydrogen) atoms. The highest BCUT2D eigenvalue weighted by molar-refractivity contribution is 6.42. The van der Waals surface area contributed by atoms with Crippen molar-refractivity contribution in [3.63, 3.8) is 0 Å². The smallest absolute Gasteiger partial charge is 0.276 e. The topological polar surface area (TPSA) is 66.5 Å². The van der Waals surface area contributed by atoms with Gasteiger partial charge in [0.25, 0.3) is 0 Å². The summed E-state index contributed by atoms with van der Waals surface area (Å²) in [5.41, 5.74) is -1.29. The summed E-state index contributed by atoms with van der Waals surface area (Å²) in [4.78, 5) is 36.6. The van der Waals surface area contributed by atoms with Crippen LogP contribution in [-0.4, -0.2) is 17.8 Å². The van der Waals surface area contributed by atoms with E-state index in [9.17, 15) is 14.4 Å². The van der Waals surface area contributed by atoms with Gasteiger partial charge in [0.1, 0.15) is 5.41 Å². The third-order valence-corrected chi connectivity index (χ3v) is 3.50. The van der Waals surface area contributed by atoms with Gasteiger partial charge >= 0.3 is 6.03 Å². The van der Waals surface area contributed by atoms with Gasteiger partial charge in [-0.3, -0.25) is 14.9 Å². The van der Waals surface area contributed by atoms with Gasteiger partial charge in [0.2, 0.25) is 11.8 Å². The van der Waals surface area contributed by atoms with Gasteiger partial charge in [0.15, 0.2) is 0 Å². The van der Waals surface area contributed by atoms with Gasteiger partial charge in [-0.1, -0.05) is 29.3 Å². The molecule has 1 N–H and O–H groups in total. The lowest BCUT2D eigenvalue weighted by Gasteiger charge is -2.35. The average Bonchev–Trinajstić information content (AvgIpc) is 2.31. The van der Waals surface area contributed by atoms with Crippen molar-refractivity contribution >= 4 is 46.7 Å².